The average molecular weight is 428 g/mol. The third-order valence-corrected chi connectivity index (χ3v) is 6.51. The van der Waals surface area contributed by atoms with Gasteiger partial charge in [-0.15, -0.1) is 0 Å². The van der Waals surface area contributed by atoms with Crippen LogP contribution in [-0.4, -0.2) is 22.8 Å². The number of carbonyl (C=O) groups excluding carboxylic acids is 2. The summed E-state index contributed by atoms with van der Waals surface area (Å²) >= 11 is 0. The molecule has 0 spiro atoms. The number of hydrogen-bond acceptors (Lipinski definition) is 3. The smallest absolute Gasteiger partial charge is 0.261 e. The largest absolute Gasteiger partial charge is 0.457 e. The van der Waals surface area contributed by atoms with Crippen molar-refractivity contribution in [2.75, 3.05) is 0 Å². The topological polar surface area (TPSA) is 46.6 Å². The number of rotatable bonds is 6. The zero-order valence-corrected chi connectivity index (χ0v) is 19.3. The summed E-state index contributed by atoms with van der Waals surface area (Å²) in [7, 11) is 0. The number of carbonyl (C=O) groups is 2. The Morgan fingerprint density at radius 2 is 1.34 bits per heavy atom. The van der Waals surface area contributed by atoms with Gasteiger partial charge in [0.15, 0.2) is 0 Å². The Morgan fingerprint density at radius 3 is 1.94 bits per heavy atom. The van der Waals surface area contributed by atoms with Crippen molar-refractivity contribution >= 4 is 11.8 Å². The first-order valence-corrected chi connectivity index (χ1v) is 11.1. The van der Waals surface area contributed by atoms with Crippen LogP contribution in [0.4, 0.5) is 0 Å². The molecular formula is C28H29NO3. The molecule has 2 amide bonds. The first kappa shape index (κ1) is 21.8. The van der Waals surface area contributed by atoms with Crippen molar-refractivity contribution in [3.05, 3.63) is 94.5 Å². The summed E-state index contributed by atoms with van der Waals surface area (Å²) < 4.78 is 6.02. The van der Waals surface area contributed by atoms with E-state index in [0.717, 1.165) is 6.42 Å². The molecule has 164 valence electrons. The maximum Gasteiger partial charge on any atom is 0.261 e. The van der Waals surface area contributed by atoms with Gasteiger partial charge in [0.2, 0.25) is 0 Å². The van der Waals surface area contributed by atoms with Crippen LogP contribution in [0.1, 0.15) is 71.5 Å². The Morgan fingerprint density at radius 1 is 0.812 bits per heavy atom. The molecule has 1 unspecified atom stereocenters. The zero-order chi connectivity index (χ0) is 23.0. The molecule has 0 fully saturated rings. The molecular weight excluding hydrogens is 398 g/mol. The molecule has 0 N–H and O–H groups in total. The van der Waals surface area contributed by atoms with E-state index in [1.807, 2.05) is 26.0 Å². The summed E-state index contributed by atoms with van der Waals surface area (Å²) in [5.41, 5.74) is 4.40. The molecule has 0 radical (unpaired) electrons. The predicted molar refractivity (Wildman–Crippen MR) is 127 cm³/mol. The van der Waals surface area contributed by atoms with Crippen molar-refractivity contribution in [2.45, 2.75) is 52.5 Å². The molecule has 0 bridgehead atoms. The van der Waals surface area contributed by atoms with Crippen LogP contribution in [0.2, 0.25) is 0 Å². The van der Waals surface area contributed by atoms with Gasteiger partial charge in [-0.1, -0.05) is 62.7 Å². The van der Waals surface area contributed by atoms with Gasteiger partial charge in [-0.2, -0.15) is 0 Å². The van der Waals surface area contributed by atoms with E-state index in [1.54, 1.807) is 18.2 Å². The Kier molecular flexibility index (Phi) is 5.64. The molecule has 1 atom stereocenters. The molecule has 32 heavy (non-hydrogen) atoms. The summed E-state index contributed by atoms with van der Waals surface area (Å²) in [4.78, 5) is 26.7. The molecule has 0 aliphatic carbocycles. The highest BCUT2D eigenvalue weighted by molar-refractivity contribution is 6.21. The maximum atomic E-state index is 12.8. The van der Waals surface area contributed by atoms with Crippen LogP contribution < -0.4 is 4.74 Å². The standard InChI is InChI=1S/C28H29NO3/c1-6-19(3)29-26(30)24-16-15-23(17-25(24)27(29)31)32-22-13-11-21(12-14-22)28(4,5)20-9-7-18(2)8-10-20/h7-17,19H,6H2,1-5H3. The highest BCUT2D eigenvalue weighted by Gasteiger charge is 2.38. The predicted octanol–water partition coefficient (Wildman–Crippen LogP) is 6.51. The molecule has 1 heterocycles. The second-order valence-corrected chi connectivity index (χ2v) is 9.06. The number of aryl methyl sites for hydroxylation is 1. The molecule has 0 saturated carbocycles. The lowest BCUT2D eigenvalue weighted by Gasteiger charge is -2.26. The maximum absolute atomic E-state index is 12.8. The summed E-state index contributed by atoms with van der Waals surface area (Å²) in [6.45, 7) is 10.4. The van der Waals surface area contributed by atoms with Crippen LogP contribution in [-0.2, 0) is 5.41 Å². The Labute approximate surface area is 189 Å². The molecule has 3 aromatic rings. The fourth-order valence-corrected chi connectivity index (χ4v) is 4.10. The fraction of sp³-hybridized carbons (Fsp3) is 0.286. The van der Waals surface area contributed by atoms with Crippen molar-refractivity contribution in [1.82, 2.24) is 4.90 Å². The molecule has 0 aromatic heterocycles. The van der Waals surface area contributed by atoms with E-state index >= 15 is 0 Å². The van der Waals surface area contributed by atoms with E-state index in [0.29, 0.717) is 22.6 Å². The van der Waals surface area contributed by atoms with Gasteiger partial charge in [0.1, 0.15) is 11.5 Å². The quantitative estimate of drug-likeness (QED) is 0.421. The molecule has 1 aliphatic rings. The van der Waals surface area contributed by atoms with E-state index in [4.69, 9.17) is 4.74 Å². The highest BCUT2D eigenvalue weighted by atomic mass is 16.5. The second kappa shape index (κ2) is 8.27. The molecule has 3 aromatic carbocycles. The van der Waals surface area contributed by atoms with Crippen molar-refractivity contribution in [3.8, 4) is 11.5 Å². The van der Waals surface area contributed by atoms with E-state index in [-0.39, 0.29) is 23.3 Å². The van der Waals surface area contributed by atoms with E-state index in [9.17, 15) is 9.59 Å². The van der Waals surface area contributed by atoms with Gasteiger partial charge in [0.25, 0.3) is 11.8 Å². The van der Waals surface area contributed by atoms with Gasteiger partial charge in [-0.05, 0) is 61.7 Å². The Hall–Kier alpha value is -3.40. The van der Waals surface area contributed by atoms with Crippen LogP contribution in [0.15, 0.2) is 66.7 Å². The van der Waals surface area contributed by atoms with Gasteiger partial charge in [-0.3, -0.25) is 14.5 Å². The van der Waals surface area contributed by atoms with Gasteiger partial charge in [0.05, 0.1) is 11.1 Å². The van der Waals surface area contributed by atoms with Gasteiger partial charge >= 0.3 is 0 Å². The van der Waals surface area contributed by atoms with E-state index in [2.05, 4.69) is 57.2 Å². The minimum Gasteiger partial charge on any atom is -0.457 e. The van der Waals surface area contributed by atoms with Crippen LogP contribution in [0, 0.1) is 6.92 Å². The molecule has 4 nitrogen and oxygen atoms in total. The van der Waals surface area contributed by atoms with E-state index < -0.39 is 0 Å². The number of imide groups is 1. The van der Waals surface area contributed by atoms with Crippen LogP contribution >= 0.6 is 0 Å². The van der Waals surface area contributed by atoms with Crippen LogP contribution in [0.3, 0.4) is 0 Å². The van der Waals surface area contributed by atoms with Crippen LogP contribution in [0.25, 0.3) is 0 Å². The molecule has 0 saturated heterocycles. The number of ether oxygens (including phenoxy) is 1. The number of fused-ring (bicyclic) bond motifs is 1. The lowest BCUT2D eigenvalue weighted by atomic mass is 9.78. The number of hydrogen-bond donors (Lipinski definition) is 0. The van der Waals surface area contributed by atoms with E-state index in [1.165, 1.54) is 21.6 Å². The lowest BCUT2D eigenvalue weighted by Crippen LogP contribution is -2.37. The highest BCUT2D eigenvalue weighted by Crippen LogP contribution is 2.34. The second-order valence-electron chi connectivity index (χ2n) is 9.06. The Balaban J connectivity index is 1.54. The monoisotopic (exact) mass is 427 g/mol. The van der Waals surface area contributed by atoms with Gasteiger partial charge < -0.3 is 4.74 Å². The van der Waals surface area contributed by atoms with Gasteiger partial charge in [0, 0.05) is 11.5 Å². The molecule has 1 aliphatic heterocycles. The summed E-state index contributed by atoms with van der Waals surface area (Å²) in [6.07, 6.45) is 0.722. The van der Waals surface area contributed by atoms with Crippen molar-refractivity contribution in [3.63, 3.8) is 0 Å². The molecule has 4 heteroatoms. The Bertz CT molecular complexity index is 1160. The fourth-order valence-electron chi connectivity index (χ4n) is 4.10. The lowest BCUT2D eigenvalue weighted by molar-refractivity contribution is 0.0593. The number of nitrogens with zero attached hydrogens (tertiary/aromatic N) is 1. The third kappa shape index (κ3) is 3.81. The minimum absolute atomic E-state index is 0.129. The van der Waals surface area contributed by atoms with Crippen molar-refractivity contribution in [1.29, 1.82) is 0 Å². The average Bonchev–Trinajstić information content (AvgIpc) is 3.03. The minimum atomic E-state index is -0.250. The summed E-state index contributed by atoms with van der Waals surface area (Å²) in [6, 6.07) is 21.6. The normalized spacial score (nSPS) is 14.5. The van der Waals surface area contributed by atoms with Crippen molar-refractivity contribution in [2.24, 2.45) is 0 Å². The summed E-state index contributed by atoms with van der Waals surface area (Å²) in [5.74, 6) is 0.749. The van der Waals surface area contributed by atoms with Gasteiger partial charge in [-0.25, -0.2) is 0 Å². The first-order valence-electron chi connectivity index (χ1n) is 11.1. The van der Waals surface area contributed by atoms with Crippen molar-refractivity contribution < 1.29 is 14.3 Å². The number of amides is 2. The van der Waals surface area contributed by atoms with Crippen LogP contribution in [0.5, 0.6) is 11.5 Å². The zero-order valence-electron chi connectivity index (χ0n) is 19.3. The first-order chi connectivity index (χ1) is 15.2. The SMILES string of the molecule is CCC(C)N1C(=O)c2ccc(Oc3ccc(C(C)(C)c4ccc(C)cc4)cc3)cc2C1=O. The number of benzene rings is 3. The molecule has 4 rings (SSSR count). The third-order valence-electron chi connectivity index (χ3n) is 6.51. The summed E-state index contributed by atoms with van der Waals surface area (Å²) in [5, 5.41) is 0.